The summed E-state index contributed by atoms with van der Waals surface area (Å²) in [5.74, 6) is 0. The van der Waals surface area contributed by atoms with E-state index in [9.17, 15) is 0 Å². The van der Waals surface area contributed by atoms with Crippen molar-refractivity contribution in [2.24, 2.45) is 0 Å². The lowest BCUT2D eigenvalue weighted by atomic mass is 9.87. The predicted octanol–water partition coefficient (Wildman–Crippen LogP) is 2.80. The SMILES string of the molecule is CC12CC1(C)OB(c1ccc(-c3ccc(B4OC5(C)CC5(C)O4)s3)s1)O2. The Hall–Kier alpha value is -0.630. The summed E-state index contributed by atoms with van der Waals surface area (Å²) in [5, 5.41) is 0. The van der Waals surface area contributed by atoms with Crippen molar-refractivity contribution < 1.29 is 18.6 Å². The van der Waals surface area contributed by atoms with Crippen LogP contribution in [0.25, 0.3) is 9.75 Å². The van der Waals surface area contributed by atoms with E-state index in [2.05, 4.69) is 52.0 Å². The summed E-state index contributed by atoms with van der Waals surface area (Å²) in [6, 6.07) is 8.57. The van der Waals surface area contributed by atoms with Gasteiger partial charge in [-0.3, -0.25) is 0 Å². The molecule has 2 saturated carbocycles. The molecule has 4 heterocycles. The van der Waals surface area contributed by atoms with Crippen LogP contribution in [-0.2, 0) is 18.6 Å². The van der Waals surface area contributed by atoms with E-state index < -0.39 is 0 Å². The summed E-state index contributed by atoms with van der Waals surface area (Å²) >= 11 is 3.49. The van der Waals surface area contributed by atoms with Gasteiger partial charge in [0.05, 0.1) is 22.4 Å². The van der Waals surface area contributed by atoms with Gasteiger partial charge in [-0.25, -0.2) is 0 Å². The standard InChI is InChI=1S/C18H20B2O4S2/c1-15-9-16(15,2)22-19(21-15)13-7-5-11(25-13)12-6-8-14(26-12)20-23-17(3)10-18(17,4)24-20/h5-8H,9-10H2,1-4H3. The number of rotatable bonds is 3. The third-order valence-electron chi connectivity index (χ3n) is 6.77. The van der Waals surface area contributed by atoms with Gasteiger partial charge in [0.1, 0.15) is 0 Å². The maximum atomic E-state index is 6.14. The molecule has 0 N–H and O–H groups in total. The Morgan fingerprint density at radius 1 is 0.654 bits per heavy atom. The van der Waals surface area contributed by atoms with Crippen molar-refractivity contribution in [2.45, 2.75) is 62.9 Å². The molecule has 0 radical (unpaired) electrons. The zero-order chi connectivity index (χ0) is 17.9. The van der Waals surface area contributed by atoms with Gasteiger partial charge >= 0.3 is 14.2 Å². The van der Waals surface area contributed by atoms with Gasteiger partial charge in [0.15, 0.2) is 0 Å². The highest BCUT2D eigenvalue weighted by molar-refractivity contribution is 7.30. The average molecular weight is 386 g/mol. The summed E-state index contributed by atoms with van der Waals surface area (Å²) in [6.45, 7) is 8.56. The molecule has 0 aromatic carbocycles. The highest BCUT2D eigenvalue weighted by Crippen LogP contribution is 2.59. The molecule has 134 valence electrons. The molecule has 4 unspecified atom stereocenters. The van der Waals surface area contributed by atoms with E-state index in [1.807, 2.05) is 0 Å². The zero-order valence-corrected chi connectivity index (χ0v) is 17.0. The van der Waals surface area contributed by atoms with Gasteiger partial charge < -0.3 is 18.6 Å². The lowest BCUT2D eigenvalue weighted by molar-refractivity contribution is 0.187. The zero-order valence-electron chi connectivity index (χ0n) is 15.3. The van der Waals surface area contributed by atoms with Crippen LogP contribution in [0.15, 0.2) is 24.3 Å². The summed E-state index contributed by atoms with van der Waals surface area (Å²) in [4.78, 5) is 2.47. The Morgan fingerprint density at radius 3 is 1.35 bits per heavy atom. The fourth-order valence-corrected chi connectivity index (χ4v) is 6.34. The molecule has 4 atom stereocenters. The van der Waals surface area contributed by atoms with Gasteiger partial charge in [-0.05, 0) is 39.8 Å². The first-order valence-electron chi connectivity index (χ1n) is 9.14. The van der Waals surface area contributed by atoms with Gasteiger partial charge in [0, 0.05) is 32.1 Å². The second kappa shape index (κ2) is 4.67. The first kappa shape index (κ1) is 16.3. The second-order valence-corrected chi connectivity index (χ2v) is 11.0. The maximum Gasteiger partial charge on any atom is 0.505 e. The van der Waals surface area contributed by atoms with E-state index in [0.29, 0.717) is 0 Å². The third kappa shape index (κ3) is 2.06. The van der Waals surface area contributed by atoms with E-state index in [4.69, 9.17) is 18.6 Å². The Morgan fingerprint density at radius 2 is 1.00 bits per heavy atom. The predicted molar refractivity (Wildman–Crippen MR) is 106 cm³/mol. The molecule has 6 rings (SSSR count). The molecule has 0 amide bonds. The van der Waals surface area contributed by atoms with E-state index in [-0.39, 0.29) is 36.6 Å². The van der Waals surface area contributed by atoms with Crippen LogP contribution < -0.4 is 9.55 Å². The monoisotopic (exact) mass is 386 g/mol. The minimum Gasteiger partial charge on any atom is -0.398 e. The normalized spacial score (nSPS) is 42.9. The van der Waals surface area contributed by atoms with Crippen molar-refractivity contribution >= 4 is 46.5 Å². The third-order valence-corrected chi connectivity index (χ3v) is 9.18. The number of fused-ring (bicyclic) bond motifs is 2. The van der Waals surface area contributed by atoms with Crippen molar-refractivity contribution in [3.63, 3.8) is 0 Å². The second-order valence-electron chi connectivity index (χ2n) is 8.82. The van der Waals surface area contributed by atoms with Crippen LogP contribution in [0.2, 0.25) is 0 Å². The first-order valence-corrected chi connectivity index (χ1v) is 10.8. The van der Waals surface area contributed by atoms with E-state index in [1.54, 1.807) is 22.7 Å². The lowest BCUT2D eigenvalue weighted by Crippen LogP contribution is -2.33. The van der Waals surface area contributed by atoms with Crippen molar-refractivity contribution in [1.29, 1.82) is 0 Å². The molecular weight excluding hydrogens is 366 g/mol. The largest absolute Gasteiger partial charge is 0.505 e. The molecule has 8 heteroatoms. The minimum atomic E-state index is -0.231. The van der Waals surface area contributed by atoms with Crippen LogP contribution in [-0.4, -0.2) is 36.6 Å². The molecule has 0 bridgehead atoms. The molecule has 4 fully saturated rings. The Labute approximate surface area is 162 Å². The number of hydrogen-bond donors (Lipinski definition) is 0. The quantitative estimate of drug-likeness (QED) is 0.761. The molecular formula is C18H20B2O4S2. The highest BCUT2D eigenvalue weighted by atomic mass is 32.1. The Bertz CT molecular complexity index is 824. The van der Waals surface area contributed by atoms with E-state index in [0.717, 1.165) is 22.4 Å². The van der Waals surface area contributed by atoms with Crippen molar-refractivity contribution in [1.82, 2.24) is 0 Å². The number of hydrogen-bond acceptors (Lipinski definition) is 6. The molecule has 2 aromatic heterocycles. The fourth-order valence-electron chi connectivity index (χ4n) is 4.31. The summed E-state index contributed by atoms with van der Waals surface area (Å²) in [5.41, 5.74) is -0.436. The van der Waals surface area contributed by atoms with Gasteiger partial charge in [-0.2, -0.15) is 0 Å². The first-order chi connectivity index (χ1) is 12.2. The lowest BCUT2D eigenvalue weighted by Gasteiger charge is -2.08. The highest BCUT2D eigenvalue weighted by Gasteiger charge is 2.72. The van der Waals surface area contributed by atoms with Crippen LogP contribution >= 0.6 is 22.7 Å². The molecule has 2 aliphatic heterocycles. The minimum absolute atomic E-state index is 0.109. The number of thiophene rings is 2. The summed E-state index contributed by atoms with van der Waals surface area (Å²) in [7, 11) is -0.462. The van der Waals surface area contributed by atoms with Gasteiger partial charge in [-0.15, -0.1) is 22.7 Å². The van der Waals surface area contributed by atoms with Crippen LogP contribution in [0.1, 0.15) is 40.5 Å². The average Bonchev–Trinajstić information content (AvgIpc) is 3.11. The van der Waals surface area contributed by atoms with Crippen LogP contribution in [0.4, 0.5) is 0 Å². The topological polar surface area (TPSA) is 36.9 Å². The maximum absolute atomic E-state index is 6.14. The Kier molecular flexibility index (Phi) is 2.94. The van der Waals surface area contributed by atoms with E-state index in [1.165, 1.54) is 9.75 Å². The Balaban J connectivity index is 1.21. The summed E-state index contributed by atoms with van der Waals surface area (Å²) in [6.07, 6.45) is 1.98. The van der Waals surface area contributed by atoms with Gasteiger partial charge in [0.2, 0.25) is 0 Å². The van der Waals surface area contributed by atoms with Crippen LogP contribution in [0.3, 0.4) is 0 Å². The molecule has 4 nitrogen and oxygen atoms in total. The fraction of sp³-hybridized carbons (Fsp3) is 0.556. The molecule has 0 spiro atoms. The molecule has 4 aliphatic rings. The van der Waals surface area contributed by atoms with Gasteiger partial charge in [-0.1, -0.05) is 12.1 Å². The van der Waals surface area contributed by atoms with E-state index >= 15 is 0 Å². The van der Waals surface area contributed by atoms with Crippen molar-refractivity contribution in [3.8, 4) is 9.75 Å². The molecule has 2 saturated heterocycles. The van der Waals surface area contributed by atoms with Gasteiger partial charge in [0.25, 0.3) is 0 Å². The van der Waals surface area contributed by atoms with Crippen LogP contribution in [0, 0.1) is 0 Å². The molecule has 2 aromatic rings. The van der Waals surface area contributed by atoms with Crippen LogP contribution in [0.5, 0.6) is 0 Å². The smallest absolute Gasteiger partial charge is 0.398 e. The molecule has 26 heavy (non-hydrogen) atoms. The molecule has 2 aliphatic carbocycles. The van der Waals surface area contributed by atoms with Crippen molar-refractivity contribution in [2.75, 3.05) is 0 Å². The van der Waals surface area contributed by atoms with Crippen molar-refractivity contribution in [3.05, 3.63) is 24.3 Å². The summed E-state index contributed by atoms with van der Waals surface area (Å²) < 4.78 is 26.8.